The van der Waals surface area contributed by atoms with Crippen LogP contribution in [-0.4, -0.2) is 50.9 Å². The van der Waals surface area contributed by atoms with Gasteiger partial charge in [-0.2, -0.15) is 0 Å². The average molecular weight is 355 g/mol. The van der Waals surface area contributed by atoms with Gasteiger partial charge in [0.25, 0.3) is 0 Å². The largest absolute Gasteiger partial charge is 0.444 e. The maximum Gasteiger partial charge on any atom is 0.410 e. The maximum atomic E-state index is 12.3. The third-order valence-electron chi connectivity index (χ3n) is 4.24. The molecular formula is C16H23ClN4O3. The van der Waals surface area contributed by atoms with Crippen molar-refractivity contribution in [3.8, 4) is 0 Å². The fraction of sp³-hybridized carbons (Fsp3) is 0.688. The number of amides is 1. The molecule has 3 heterocycles. The van der Waals surface area contributed by atoms with E-state index >= 15 is 0 Å². The molecule has 1 fully saturated rings. The molecule has 0 aromatic carbocycles. The zero-order chi connectivity index (χ0) is 17.5. The van der Waals surface area contributed by atoms with Crippen LogP contribution in [0.3, 0.4) is 0 Å². The highest BCUT2D eigenvalue weighted by Crippen LogP contribution is 2.34. The number of aromatic nitrogens is 2. The molecule has 1 saturated heterocycles. The van der Waals surface area contributed by atoms with Gasteiger partial charge in [0.05, 0.1) is 31.4 Å². The Kier molecular flexibility index (Phi) is 4.57. The number of ether oxygens (including phenoxy) is 1. The number of rotatable bonds is 2. The molecule has 1 N–H and O–H groups in total. The highest BCUT2D eigenvalue weighted by Gasteiger charge is 2.35. The fourth-order valence-corrected chi connectivity index (χ4v) is 3.39. The van der Waals surface area contributed by atoms with Crippen LogP contribution in [0.4, 0.5) is 10.6 Å². The minimum Gasteiger partial charge on any atom is -0.444 e. The zero-order valence-corrected chi connectivity index (χ0v) is 15.0. The van der Waals surface area contributed by atoms with Gasteiger partial charge in [0.1, 0.15) is 11.4 Å². The summed E-state index contributed by atoms with van der Waals surface area (Å²) < 4.78 is 5.44. The average Bonchev–Trinajstić information content (AvgIpc) is 3.10. The predicted octanol–water partition coefficient (Wildman–Crippen LogP) is 2.34. The molecule has 1 atom stereocenters. The minimum absolute atomic E-state index is 0.0376. The SMILES string of the molecule is CC(C)(C)OC(=O)N1Cc2nc(Cl)nc(N3CCC[C@@H]3CO)c2C1. The number of carbonyl (C=O) groups excluding carboxylic acids is 1. The molecular weight excluding hydrogens is 332 g/mol. The Hall–Kier alpha value is -1.60. The van der Waals surface area contributed by atoms with Crippen molar-refractivity contribution in [2.24, 2.45) is 0 Å². The molecule has 24 heavy (non-hydrogen) atoms. The molecule has 132 valence electrons. The lowest BCUT2D eigenvalue weighted by atomic mass is 10.2. The van der Waals surface area contributed by atoms with Gasteiger partial charge in [-0.1, -0.05) is 0 Å². The molecule has 0 radical (unpaired) electrons. The van der Waals surface area contributed by atoms with Crippen molar-refractivity contribution in [2.75, 3.05) is 18.1 Å². The van der Waals surface area contributed by atoms with Crippen LogP contribution < -0.4 is 4.90 Å². The van der Waals surface area contributed by atoms with E-state index in [4.69, 9.17) is 16.3 Å². The second-order valence-corrected chi connectivity index (χ2v) is 7.59. The summed E-state index contributed by atoms with van der Waals surface area (Å²) in [6.07, 6.45) is 1.54. The van der Waals surface area contributed by atoms with Gasteiger partial charge < -0.3 is 14.7 Å². The van der Waals surface area contributed by atoms with Gasteiger partial charge in [0.2, 0.25) is 5.28 Å². The van der Waals surface area contributed by atoms with E-state index in [2.05, 4.69) is 14.9 Å². The summed E-state index contributed by atoms with van der Waals surface area (Å²) in [4.78, 5) is 24.7. The molecule has 0 saturated carbocycles. The number of aliphatic hydroxyl groups excluding tert-OH is 1. The van der Waals surface area contributed by atoms with Gasteiger partial charge in [-0.3, -0.25) is 4.90 Å². The summed E-state index contributed by atoms with van der Waals surface area (Å²) in [6, 6.07) is 0.0376. The van der Waals surface area contributed by atoms with Gasteiger partial charge in [0, 0.05) is 12.1 Å². The number of fused-ring (bicyclic) bond motifs is 1. The molecule has 1 amide bonds. The lowest BCUT2D eigenvalue weighted by Crippen LogP contribution is -2.34. The highest BCUT2D eigenvalue weighted by atomic mass is 35.5. The molecule has 1 aromatic heterocycles. The van der Waals surface area contributed by atoms with Crippen molar-refractivity contribution >= 4 is 23.5 Å². The quantitative estimate of drug-likeness (QED) is 0.821. The second kappa shape index (κ2) is 6.37. The van der Waals surface area contributed by atoms with Gasteiger partial charge in [-0.25, -0.2) is 14.8 Å². The van der Waals surface area contributed by atoms with Crippen LogP contribution in [0.1, 0.15) is 44.9 Å². The summed E-state index contributed by atoms with van der Waals surface area (Å²) in [5.74, 6) is 0.729. The van der Waals surface area contributed by atoms with E-state index in [1.54, 1.807) is 4.90 Å². The molecule has 3 rings (SSSR count). The summed E-state index contributed by atoms with van der Waals surface area (Å²) in [7, 11) is 0. The van der Waals surface area contributed by atoms with E-state index in [0.29, 0.717) is 13.1 Å². The van der Waals surface area contributed by atoms with Gasteiger partial charge in [0.15, 0.2) is 0 Å². The molecule has 2 aliphatic rings. The summed E-state index contributed by atoms with van der Waals surface area (Å²) in [6.45, 7) is 7.16. The Morgan fingerprint density at radius 3 is 2.79 bits per heavy atom. The number of hydrogen-bond donors (Lipinski definition) is 1. The number of nitrogens with zero attached hydrogens (tertiary/aromatic N) is 4. The van der Waals surface area contributed by atoms with Crippen LogP contribution in [0.2, 0.25) is 5.28 Å². The van der Waals surface area contributed by atoms with E-state index < -0.39 is 5.60 Å². The van der Waals surface area contributed by atoms with E-state index in [0.717, 1.165) is 36.5 Å². The molecule has 2 aliphatic heterocycles. The van der Waals surface area contributed by atoms with Crippen molar-refractivity contribution in [1.29, 1.82) is 0 Å². The Labute approximate surface area is 146 Å². The number of aliphatic hydroxyl groups is 1. The van der Waals surface area contributed by atoms with Crippen LogP contribution in [0.25, 0.3) is 0 Å². The van der Waals surface area contributed by atoms with Gasteiger partial charge >= 0.3 is 6.09 Å². The predicted molar refractivity (Wildman–Crippen MR) is 90.0 cm³/mol. The maximum absolute atomic E-state index is 12.3. The summed E-state index contributed by atoms with van der Waals surface area (Å²) in [5, 5.41) is 9.75. The molecule has 1 aromatic rings. The standard InChI is InChI=1S/C16H23ClN4O3/c1-16(2,3)24-15(23)20-7-11-12(8-20)18-14(17)19-13(11)21-6-4-5-10(21)9-22/h10,22H,4-9H2,1-3H3/t10-/m1/s1. The third kappa shape index (κ3) is 3.42. The van der Waals surface area contributed by atoms with Crippen molar-refractivity contribution in [2.45, 2.75) is 58.3 Å². The summed E-state index contributed by atoms with van der Waals surface area (Å²) >= 11 is 6.09. The summed E-state index contributed by atoms with van der Waals surface area (Å²) in [5.41, 5.74) is 1.10. The highest BCUT2D eigenvalue weighted by molar-refractivity contribution is 6.28. The molecule has 0 unspecified atom stereocenters. The Morgan fingerprint density at radius 2 is 2.12 bits per heavy atom. The number of hydrogen-bond acceptors (Lipinski definition) is 6. The Bertz CT molecular complexity index is 647. The molecule has 0 aliphatic carbocycles. The monoisotopic (exact) mass is 354 g/mol. The van der Waals surface area contributed by atoms with E-state index in [1.807, 2.05) is 20.8 Å². The first-order valence-electron chi connectivity index (χ1n) is 8.19. The van der Waals surface area contributed by atoms with Crippen LogP contribution in [0.15, 0.2) is 0 Å². The Balaban J connectivity index is 1.86. The van der Waals surface area contributed by atoms with Crippen LogP contribution >= 0.6 is 11.6 Å². The molecule has 7 nitrogen and oxygen atoms in total. The van der Waals surface area contributed by atoms with Crippen LogP contribution in [-0.2, 0) is 17.8 Å². The molecule has 8 heteroatoms. The van der Waals surface area contributed by atoms with Crippen molar-refractivity contribution in [1.82, 2.24) is 14.9 Å². The topological polar surface area (TPSA) is 78.8 Å². The second-order valence-electron chi connectivity index (χ2n) is 7.25. The number of anilines is 1. The number of carbonyl (C=O) groups is 1. The van der Waals surface area contributed by atoms with Gasteiger partial charge in [-0.15, -0.1) is 0 Å². The first-order chi connectivity index (χ1) is 11.3. The zero-order valence-electron chi connectivity index (χ0n) is 14.3. The normalized spacial score (nSPS) is 20.5. The van der Waals surface area contributed by atoms with Crippen molar-refractivity contribution in [3.63, 3.8) is 0 Å². The van der Waals surface area contributed by atoms with Crippen LogP contribution in [0, 0.1) is 0 Å². The van der Waals surface area contributed by atoms with Crippen molar-refractivity contribution < 1.29 is 14.6 Å². The third-order valence-corrected chi connectivity index (χ3v) is 4.41. The lowest BCUT2D eigenvalue weighted by Gasteiger charge is -2.26. The smallest absolute Gasteiger partial charge is 0.410 e. The fourth-order valence-electron chi connectivity index (χ4n) is 3.21. The lowest BCUT2D eigenvalue weighted by molar-refractivity contribution is 0.0241. The Morgan fingerprint density at radius 1 is 1.38 bits per heavy atom. The van der Waals surface area contributed by atoms with Gasteiger partial charge in [-0.05, 0) is 45.2 Å². The molecule has 0 spiro atoms. The van der Waals surface area contributed by atoms with E-state index in [9.17, 15) is 9.90 Å². The first kappa shape index (κ1) is 17.2. The first-order valence-corrected chi connectivity index (χ1v) is 8.57. The van der Waals surface area contributed by atoms with E-state index in [1.165, 1.54) is 0 Å². The number of halogens is 1. The minimum atomic E-state index is -0.547. The van der Waals surface area contributed by atoms with Crippen LogP contribution in [0.5, 0.6) is 0 Å². The van der Waals surface area contributed by atoms with Crippen molar-refractivity contribution in [3.05, 3.63) is 16.5 Å². The molecule has 0 bridgehead atoms. The van der Waals surface area contributed by atoms with E-state index in [-0.39, 0.29) is 24.0 Å².